The maximum atomic E-state index is 13.5. The Morgan fingerprint density at radius 3 is 2.80 bits per heavy atom. The van der Waals surface area contributed by atoms with E-state index >= 15 is 0 Å². The van der Waals surface area contributed by atoms with E-state index in [4.69, 9.17) is 0 Å². The summed E-state index contributed by atoms with van der Waals surface area (Å²) in [4.78, 5) is 30.0. The van der Waals surface area contributed by atoms with Crippen LogP contribution in [0.1, 0.15) is 65.0 Å². The Balaban J connectivity index is 1.33. The standard InChI is InChI=1S/C29H39NO4S/c1-18-14-21-22-8-11-29(34,25(33)17-35-13-9-19-6-4-5-12-30-19)28(22,3)16-24(32)26(21)27(2)10-7-20(31)15-23(18)27/h4-6,12,15,18,21-22,24,26,32,34H,7-11,13-14,16-17H2,1-3H3/t18-,21?,22?,24?,26?,27?,28?,29-/m0/s1. The van der Waals surface area contributed by atoms with Gasteiger partial charge in [0.2, 0.25) is 0 Å². The Kier molecular flexibility index (Phi) is 6.55. The third-order valence-corrected chi connectivity index (χ3v) is 11.2. The molecule has 0 aliphatic heterocycles. The summed E-state index contributed by atoms with van der Waals surface area (Å²) in [5.74, 6) is 2.04. The molecular weight excluding hydrogens is 458 g/mol. The van der Waals surface area contributed by atoms with Gasteiger partial charge in [-0.05, 0) is 91.6 Å². The van der Waals surface area contributed by atoms with E-state index in [9.17, 15) is 19.8 Å². The van der Waals surface area contributed by atoms with E-state index in [1.807, 2.05) is 24.3 Å². The van der Waals surface area contributed by atoms with Crippen LogP contribution in [0.15, 0.2) is 36.0 Å². The third-order valence-electron chi connectivity index (χ3n) is 10.3. The number of aryl methyl sites for hydroxylation is 1. The minimum atomic E-state index is -1.38. The minimum absolute atomic E-state index is 0.0846. The summed E-state index contributed by atoms with van der Waals surface area (Å²) in [7, 11) is 0. The molecule has 0 aromatic carbocycles. The molecule has 35 heavy (non-hydrogen) atoms. The Bertz CT molecular complexity index is 1030. The Labute approximate surface area is 213 Å². The first kappa shape index (κ1) is 25.2. The summed E-state index contributed by atoms with van der Waals surface area (Å²) in [6, 6.07) is 5.86. The number of carbonyl (C=O) groups is 2. The molecule has 5 rings (SSSR count). The van der Waals surface area contributed by atoms with Gasteiger partial charge >= 0.3 is 0 Å². The van der Waals surface area contributed by atoms with Crippen LogP contribution in [-0.4, -0.2) is 50.0 Å². The van der Waals surface area contributed by atoms with Gasteiger partial charge in [-0.2, -0.15) is 11.8 Å². The summed E-state index contributed by atoms with van der Waals surface area (Å²) in [5.41, 5.74) is 0.0473. The summed E-state index contributed by atoms with van der Waals surface area (Å²) in [5, 5.41) is 23.5. The molecule has 3 fully saturated rings. The molecule has 4 aliphatic carbocycles. The quantitative estimate of drug-likeness (QED) is 0.566. The Hall–Kier alpha value is -1.50. The van der Waals surface area contributed by atoms with Gasteiger partial charge < -0.3 is 10.2 Å². The molecule has 6 unspecified atom stereocenters. The summed E-state index contributed by atoms with van der Waals surface area (Å²) >= 11 is 1.57. The van der Waals surface area contributed by atoms with Crippen LogP contribution in [0.2, 0.25) is 0 Å². The van der Waals surface area contributed by atoms with E-state index in [-0.39, 0.29) is 40.7 Å². The second-order valence-electron chi connectivity index (χ2n) is 12.1. The molecule has 3 saturated carbocycles. The first-order chi connectivity index (χ1) is 16.6. The van der Waals surface area contributed by atoms with Gasteiger partial charge in [0.1, 0.15) is 5.60 Å². The number of pyridine rings is 1. The zero-order chi connectivity index (χ0) is 25.0. The highest BCUT2D eigenvalue weighted by atomic mass is 32.2. The van der Waals surface area contributed by atoms with Gasteiger partial charge in [-0.1, -0.05) is 32.4 Å². The van der Waals surface area contributed by atoms with E-state index in [0.717, 1.165) is 37.1 Å². The van der Waals surface area contributed by atoms with Crippen molar-refractivity contribution in [2.75, 3.05) is 11.5 Å². The van der Waals surface area contributed by atoms with E-state index < -0.39 is 17.1 Å². The predicted octanol–water partition coefficient (Wildman–Crippen LogP) is 4.41. The van der Waals surface area contributed by atoms with Crippen LogP contribution in [0.4, 0.5) is 0 Å². The number of aliphatic hydroxyl groups is 2. The topological polar surface area (TPSA) is 87.5 Å². The number of fused-ring (bicyclic) bond motifs is 5. The maximum absolute atomic E-state index is 13.5. The number of thioether (sulfide) groups is 1. The highest BCUT2D eigenvalue weighted by Crippen LogP contribution is 2.68. The van der Waals surface area contributed by atoms with Crippen LogP contribution >= 0.6 is 11.8 Å². The molecule has 5 nitrogen and oxygen atoms in total. The molecule has 4 aliphatic rings. The smallest absolute Gasteiger partial charge is 0.174 e. The van der Waals surface area contributed by atoms with Gasteiger partial charge in [-0.3, -0.25) is 14.6 Å². The van der Waals surface area contributed by atoms with Crippen LogP contribution < -0.4 is 0 Å². The Morgan fingerprint density at radius 2 is 2.06 bits per heavy atom. The zero-order valence-electron chi connectivity index (χ0n) is 21.2. The van der Waals surface area contributed by atoms with Crippen molar-refractivity contribution in [3.8, 4) is 0 Å². The van der Waals surface area contributed by atoms with E-state index in [2.05, 4.69) is 25.8 Å². The van der Waals surface area contributed by atoms with Crippen molar-refractivity contribution in [3.05, 3.63) is 41.7 Å². The first-order valence-electron chi connectivity index (χ1n) is 13.3. The lowest BCUT2D eigenvalue weighted by Crippen LogP contribution is -2.62. The second kappa shape index (κ2) is 9.11. The fraction of sp³-hybridized carbons (Fsp3) is 0.690. The maximum Gasteiger partial charge on any atom is 0.174 e. The second-order valence-corrected chi connectivity index (χ2v) is 13.2. The number of aromatic nitrogens is 1. The van der Waals surface area contributed by atoms with Crippen molar-refractivity contribution in [2.45, 2.75) is 77.4 Å². The van der Waals surface area contributed by atoms with E-state index in [1.54, 1.807) is 18.0 Å². The van der Waals surface area contributed by atoms with Crippen molar-refractivity contribution < 1.29 is 19.8 Å². The van der Waals surface area contributed by atoms with Gasteiger partial charge in [0.25, 0.3) is 0 Å². The predicted molar refractivity (Wildman–Crippen MR) is 138 cm³/mol. The average Bonchev–Trinajstić information content (AvgIpc) is 3.09. The molecule has 6 heteroatoms. The lowest BCUT2D eigenvalue weighted by Gasteiger charge is -2.61. The molecule has 0 saturated heterocycles. The first-order valence-corrected chi connectivity index (χ1v) is 14.4. The van der Waals surface area contributed by atoms with Crippen LogP contribution in [0, 0.1) is 34.5 Å². The van der Waals surface area contributed by atoms with Gasteiger partial charge in [0, 0.05) is 23.7 Å². The summed E-state index contributed by atoms with van der Waals surface area (Å²) in [6.45, 7) is 6.51. The van der Waals surface area contributed by atoms with Crippen LogP contribution in [-0.2, 0) is 16.0 Å². The monoisotopic (exact) mass is 497 g/mol. The number of carbonyl (C=O) groups excluding carboxylic acids is 2. The number of allylic oxidation sites excluding steroid dienone is 1. The molecule has 1 aromatic rings. The fourth-order valence-corrected chi connectivity index (χ4v) is 9.51. The van der Waals surface area contributed by atoms with Crippen molar-refractivity contribution in [3.63, 3.8) is 0 Å². The molecule has 0 radical (unpaired) electrons. The SMILES string of the molecule is C[C@H]1CC2C(C(O)CC3(C)C2CC[C@]3(O)C(=O)CSCCc2ccccn2)C2(C)CCC(=O)C=C12. The van der Waals surface area contributed by atoms with E-state index in [0.29, 0.717) is 25.0 Å². The lowest BCUT2D eigenvalue weighted by molar-refractivity contribution is -0.181. The molecule has 0 spiro atoms. The highest BCUT2D eigenvalue weighted by Gasteiger charge is 2.68. The summed E-state index contributed by atoms with van der Waals surface area (Å²) < 4.78 is 0. The third kappa shape index (κ3) is 3.95. The van der Waals surface area contributed by atoms with Crippen molar-refractivity contribution in [1.82, 2.24) is 4.98 Å². The van der Waals surface area contributed by atoms with E-state index in [1.165, 1.54) is 5.57 Å². The number of rotatable bonds is 6. The van der Waals surface area contributed by atoms with Gasteiger partial charge in [-0.25, -0.2) is 0 Å². The number of hydrogen-bond donors (Lipinski definition) is 2. The lowest BCUT2D eigenvalue weighted by atomic mass is 9.44. The molecule has 1 heterocycles. The largest absolute Gasteiger partial charge is 0.393 e. The highest BCUT2D eigenvalue weighted by molar-refractivity contribution is 7.99. The zero-order valence-corrected chi connectivity index (χ0v) is 22.0. The molecule has 190 valence electrons. The molecule has 0 bridgehead atoms. The molecule has 0 amide bonds. The van der Waals surface area contributed by atoms with Gasteiger partial charge in [-0.15, -0.1) is 0 Å². The van der Waals surface area contributed by atoms with Crippen molar-refractivity contribution in [1.29, 1.82) is 0 Å². The number of aliphatic hydroxyl groups excluding tert-OH is 1. The number of ketones is 2. The van der Waals surface area contributed by atoms with Gasteiger partial charge in [0.05, 0.1) is 11.9 Å². The molecule has 2 N–H and O–H groups in total. The molecule has 8 atom stereocenters. The van der Waals surface area contributed by atoms with Gasteiger partial charge in [0.15, 0.2) is 11.6 Å². The number of hydrogen-bond acceptors (Lipinski definition) is 6. The van der Waals surface area contributed by atoms with Crippen molar-refractivity contribution in [2.24, 2.45) is 34.5 Å². The van der Waals surface area contributed by atoms with Crippen LogP contribution in [0.25, 0.3) is 0 Å². The Morgan fingerprint density at radius 1 is 1.26 bits per heavy atom. The average molecular weight is 498 g/mol. The summed E-state index contributed by atoms with van der Waals surface area (Å²) in [6.07, 6.45) is 7.88. The normalized spacial score (nSPS) is 42.6. The molecular formula is C29H39NO4S. The van der Waals surface area contributed by atoms with Crippen LogP contribution in [0.3, 0.4) is 0 Å². The number of Topliss-reactive ketones (excluding diaryl/α,β-unsaturated/α-hetero) is 1. The van der Waals surface area contributed by atoms with Crippen molar-refractivity contribution >= 4 is 23.3 Å². The fourth-order valence-electron chi connectivity index (χ4n) is 8.59. The number of nitrogens with zero attached hydrogens (tertiary/aromatic N) is 1. The minimum Gasteiger partial charge on any atom is -0.393 e. The van der Waals surface area contributed by atoms with Crippen LogP contribution in [0.5, 0.6) is 0 Å². The molecule has 1 aromatic heterocycles.